The molecule has 0 aliphatic rings. The van der Waals surface area contributed by atoms with Crippen LogP contribution in [0.1, 0.15) is 32.0 Å². The van der Waals surface area contributed by atoms with Gasteiger partial charge >= 0.3 is 0 Å². The van der Waals surface area contributed by atoms with Crippen LogP contribution in [0, 0.1) is 0 Å². The van der Waals surface area contributed by atoms with E-state index in [9.17, 15) is 0 Å². The number of pyridine rings is 1. The lowest BCUT2D eigenvalue weighted by atomic mass is 10.2. The van der Waals surface area contributed by atoms with Crippen LogP contribution in [-0.4, -0.2) is 46.6 Å². The molecule has 1 heterocycles. The number of nitrogens with two attached hydrogens (primary N) is 1. The first kappa shape index (κ1) is 16.4. The first-order valence-corrected chi connectivity index (χ1v) is 6.99. The Morgan fingerprint density at radius 3 is 2.80 bits per heavy atom. The van der Waals surface area contributed by atoms with E-state index in [0.717, 1.165) is 31.7 Å². The number of aromatic nitrogens is 1. The fourth-order valence-electron chi connectivity index (χ4n) is 2.00. The summed E-state index contributed by atoms with van der Waals surface area (Å²) in [6.45, 7) is 10.4. The number of amidine groups is 1. The summed E-state index contributed by atoms with van der Waals surface area (Å²) in [5, 5.41) is 15.1. The molecule has 0 spiro atoms. The Labute approximate surface area is 120 Å². The van der Waals surface area contributed by atoms with Crippen molar-refractivity contribution >= 4 is 5.84 Å². The van der Waals surface area contributed by atoms with Crippen molar-refractivity contribution in [1.29, 1.82) is 0 Å². The number of likely N-dealkylation sites (N-methyl/N-ethyl adjacent to an activating group) is 1. The second-order valence-corrected chi connectivity index (χ2v) is 4.80. The van der Waals surface area contributed by atoms with E-state index in [2.05, 4.69) is 41.1 Å². The van der Waals surface area contributed by atoms with E-state index in [-0.39, 0.29) is 5.84 Å². The minimum atomic E-state index is 0.0306. The highest BCUT2D eigenvalue weighted by molar-refractivity contribution is 5.95. The summed E-state index contributed by atoms with van der Waals surface area (Å²) in [5.41, 5.74) is 7.08. The molecule has 6 nitrogen and oxygen atoms in total. The zero-order valence-corrected chi connectivity index (χ0v) is 12.5. The quantitative estimate of drug-likeness (QED) is 0.286. The van der Waals surface area contributed by atoms with E-state index < -0.39 is 0 Å². The van der Waals surface area contributed by atoms with E-state index in [0.29, 0.717) is 11.7 Å². The minimum absolute atomic E-state index is 0.0306. The smallest absolute Gasteiger partial charge is 0.188 e. The van der Waals surface area contributed by atoms with Crippen molar-refractivity contribution < 1.29 is 5.21 Å². The highest BCUT2D eigenvalue weighted by atomic mass is 16.4. The molecule has 1 aromatic rings. The lowest BCUT2D eigenvalue weighted by Gasteiger charge is -2.23. The van der Waals surface area contributed by atoms with Crippen molar-refractivity contribution in [3.05, 3.63) is 29.6 Å². The molecule has 1 rings (SSSR count). The summed E-state index contributed by atoms with van der Waals surface area (Å²) in [5.74, 6) is 0.0306. The van der Waals surface area contributed by atoms with E-state index in [1.54, 1.807) is 6.20 Å². The molecule has 1 atom stereocenters. The molecule has 1 unspecified atom stereocenters. The van der Waals surface area contributed by atoms with E-state index >= 15 is 0 Å². The molecule has 4 N–H and O–H groups in total. The largest absolute Gasteiger partial charge is 0.409 e. The molecule has 0 fully saturated rings. The fraction of sp³-hybridized carbons (Fsp3) is 0.571. The zero-order chi connectivity index (χ0) is 15.0. The van der Waals surface area contributed by atoms with Crippen LogP contribution in [-0.2, 0) is 6.54 Å². The second kappa shape index (κ2) is 8.50. The Hall–Kier alpha value is -1.66. The summed E-state index contributed by atoms with van der Waals surface area (Å²) in [6, 6.07) is 4.15. The summed E-state index contributed by atoms with van der Waals surface area (Å²) >= 11 is 0. The van der Waals surface area contributed by atoms with Crippen molar-refractivity contribution in [2.24, 2.45) is 10.9 Å². The van der Waals surface area contributed by atoms with Gasteiger partial charge in [-0.25, -0.2) is 0 Å². The Balaban J connectivity index is 2.53. The highest BCUT2D eigenvalue weighted by Crippen LogP contribution is 2.02. The Kier molecular flexibility index (Phi) is 6.97. The van der Waals surface area contributed by atoms with Crippen molar-refractivity contribution in [2.45, 2.75) is 33.4 Å². The zero-order valence-electron chi connectivity index (χ0n) is 12.5. The van der Waals surface area contributed by atoms with Crippen molar-refractivity contribution in [3.63, 3.8) is 0 Å². The summed E-state index contributed by atoms with van der Waals surface area (Å²) < 4.78 is 0. The third-order valence-corrected chi connectivity index (χ3v) is 3.28. The minimum Gasteiger partial charge on any atom is -0.409 e. The standard InChI is InChI=1S/C14H25N5O/c1-4-19(5-2)10-11(3)17-9-12-6-7-16-13(8-12)14(15)18-20/h6-8,11,17,20H,4-5,9-10H2,1-3H3,(H2,15,18). The predicted octanol–water partition coefficient (Wildman–Crippen LogP) is 0.996. The second-order valence-electron chi connectivity index (χ2n) is 4.80. The summed E-state index contributed by atoms with van der Waals surface area (Å²) in [6.07, 6.45) is 1.67. The van der Waals surface area contributed by atoms with E-state index in [4.69, 9.17) is 10.9 Å². The van der Waals surface area contributed by atoms with Gasteiger partial charge in [-0.15, -0.1) is 0 Å². The predicted molar refractivity (Wildman–Crippen MR) is 80.8 cm³/mol. The van der Waals surface area contributed by atoms with Crippen LogP contribution in [0.5, 0.6) is 0 Å². The maximum absolute atomic E-state index is 8.65. The molecule has 1 aromatic heterocycles. The van der Waals surface area contributed by atoms with E-state index in [1.807, 2.05) is 12.1 Å². The van der Waals surface area contributed by atoms with Gasteiger partial charge in [0.1, 0.15) is 5.69 Å². The van der Waals surface area contributed by atoms with Gasteiger partial charge in [-0.05, 0) is 37.7 Å². The van der Waals surface area contributed by atoms with Crippen LogP contribution in [0.3, 0.4) is 0 Å². The molecule has 112 valence electrons. The number of nitrogens with zero attached hydrogens (tertiary/aromatic N) is 3. The highest BCUT2D eigenvalue weighted by Gasteiger charge is 2.07. The van der Waals surface area contributed by atoms with Crippen molar-refractivity contribution in [1.82, 2.24) is 15.2 Å². The lowest BCUT2D eigenvalue weighted by Crippen LogP contribution is -2.38. The molecule has 6 heteroatoms. The van der Waals surface area contributed by atoms with Crippen LogP contribution in [0.25, 0.3) is 0 Å². The Morgan fingerprint density at radius 1 is 1.50 bits per heavy atom. The van der Waals surface area contributed by atoms with Crippen molar-refractivity contribution in [2.75, 3.05) is 19.6 Å². The van der Waals surface area contributed by atoms with Gasteiger partial charge in [-0.2, -0.15) is 0 Å². The van der Waals surface area contributed by atoms with Gasteiger partial charge in [0.05, 0.1) is 0 Å². The van der Waals surface area contributed by atoms with Gasteiger partial charge < -0.3 is 21.2 Å². The maximum Gasteiger partial charge on any atom is 0.188 e. The van der Waals surface area contributed by atoms with Gasteiger partial charge in [0.25, 0.3) is 0 Å². The number of oxime groups is 1. The SMILES string of the molecule is CCN(CC)CC(C)NCc1ccnc(C(N)=NO)c1. The summed E-state index contributed by atoms with van der Waals surface area (Å²) in [7, 11) is 0. The van der Waals surface area contributed by atoms with Crippen LogP contribution in [0.2, 0.25) is 0 Å². The number of rotatable bonds is 8. The Bertz CT molecular complexity index is 431. The molecule has 0 bridgehead atoms. The average molecular weight is 279 g/mol. The summed E-state index contributed by atoms with van der Waals surface area (Å²) in [4.78, 5) is 6.44. The van der Waals surface area contributed by atoms with E-state index in [1.165, 1.54) is 0 Å². The topological polar surface area (TPSA) is 86.8 Å². The molecule has 0 amide bonds. The normalized spacial score (nSPS) is 13.7. The lowest BCUT2D eigenvalue weighted by molar-refractivity contribution is 0.270. The van der Waals surface area contributed by atoms with Gasteiger partial charge in [0, 0.05) is 25.3 Å². The number of hydrogen-bond acceptors (Lipinski definition) is 5. The molecule has 0 aliphatic heterocycles. The van der Waals surface area contributed by atoms with Gasteiger partial charge in [-0.3, -0.25) is 4.98 Å². The van der Waals surface area contributed by atoms with Gasteiger partial charge in [0.2, 0.25) is 0 Å². The Morgan fingerprint density at radius 2 is 2.20 bits per heavy atom. The average Bonchev–Trinajstić information content (AvgIpc) is 2.50. The first-order chi connectivity index (χ1) is 9.60. The molecule has 0 saturated heterocycles. The maximum atomic E-state index is 8.65. The van der Waals surface area contributed by atoms with Gasteiger partial charge in [0.15, 0.2) is 5.84 Å². The third kappa shape index (κ3) is 5.14. The molecule has 0 saturated carbocycles. The molecule has 0 aliphatic carbocycles. The number of nitrogens with one attached hydrogen (secondary N) is 1. The van der Waals surface area contributed by atoms with Crippen LogP contribution in [0.4, 0.5) is 0 Å². The van der Waals surface area contributed by atoms with Crippen LogP contribution >= 0.6 is 0 Å². The number of hydrogen-bond donors (Lipinski definition) is 3. The van der Waals surface area contributed by atoms with Crippen LogP contribution < -0.4 is 11.1 Å². The molecule has 0 radical (unpaired) electrons. The first-order valence-electron chi connectivity index (χ1n) is 6.99. The fourth-order valence-corrected chi connectivity index (χ4v) is 2.00. The van der Waals surface area contributed by atoms with Crippen molar-refractivity contribution in [3.8, 4) is 0 Å². The molecular weight excluding hydrogens is 254 g/mol. The van der Waals surface area contributed by atoms with Crippen LogP contribution in [0.15, 0.2) is 23.5 Å². The molecule has 0 aromatic carbocycles. The molecular formula is C14H25N5O. The third-order valence-electron chi connectivity index (χ3n) is 3.28. The van der Waals surface area contributed by atoms with Gasteiger partial charge in [-0.1, -0.05) is 19.0 Å². The monoisotopic (exact) mass is 279 g/mol. The molecule has 20 heavy (non-hydrogen) atoms.